The highest BCUT2D eigenvalue weighted by Gasteiger charge is 2.34. The Kier molecular flexibility index (Phi) is 1.91. The molecule has 0 spiro atoms. The van der Waals surface area contributed by atoms with E-state index in [4.69, 9.17) is 0 Å². The normalized spacial score (nSPS) is 25.7. The summed E-state index contributed by atoms with van der Waals surface area (Å²) in [6.07, 6.45) is -4.20. The van der Waals surface area contributed by atoms with Crippen molar-refractivity contribution in [3.8, 4) is 0 Å². The summed E-state index contributed by atoms with van der Waals surface area (Å²) in [7, 11) is 0. The predicted molar refractivity (Wildman–Crippen MR) is 24.3 cm³/mol. The lowest BCUT2D eigenvalue weighted by molar-refractivity contribution is -0.360. The van der Waals surface area contributed by atoms with Gasteiger partial charge in [-0.25, -0.2) is 0 Å². The van der Waals surface area contributed by atoms with Crippen LogP contribution in [0.4, 0.5) is 13.2 Å². The third-order valence-electron chi connectivity index (χ3n) is 0.728. The van der Waals surface area contributed by atoms with Gasteiger partial charge < -0.3 is 4.74 Å². The Morgan fingerprint density at radius 3 is 2.70 bits per heavy atom. The number of hydrogen-bond donors (Lipinski definition) is 0. The lowest BCUT2D eigenvalue weighted by atomic mass is 10.7. The molecule has 10 heavy (non-hydrogen) atoms. The summed E-state index contributed by atoms with van der Waals surface area (Å²) >= 11 is 0. The first-order valence-electron chi connectivity index (χ1n) is 2.36. The zero-order valence-electron chi connectivity index (χ0n) is 4.68. The highest BCUT2D eigenvalue weighted by molar-refractivity contribution is 5.62. The second kappa shape index (κ2) is 2.55. The zero-order valence-corrected chi connectivity index (χ0v) is 4.68. The summed E-state index contributed by atoms with van der Waals surface area (Å²) in [6, 6.07) is 0. The van der Waals surface area contributed by atoms with Crippen LogP contribution >= 0.6 is 0 Å². The van der Waals surface area contributed by atoms with Crippen molar-refractivity contribution >= 4 is 6.21 Å². The van der Waals surface area contributed by atoms with Gasteiger partial charge in [0.25, 0.3) is 0 Å². The highest BCUT2D eigenvalue weighted by Crippen LogP contribution is 2.19. The van der Waals surface area contributed by atoms with E-state index in [9.17, 15) is 13.2 Å². The van der Waals surface area contributed by atoms with E-state index in [-0.39, 0.29) is 6.73 Å². The minimum Gasteiger partial charge on any atom is -0.324 e. The standard InChI is InChI=1S/C4H3F3NO2/c5-4(6,7)10-3-1-8-2-9-3/h3H,2H2. The lowest BCUT2D eigenvalue weighted by Crippen LogP contribution is -2.24. The van der Waals surface area contributed by atoms with Crippen molar-refractivity contribution in [2.45, 2.75) is 12.7 Å². The van der Waals surface area contributed by atoms with Crippen molar-refractivity contribution in [2.75, 3.05) is 6.73 Å². The molecule has 0 saturated carbocycles. The van der Waals surface area contributed by atoms with Crippen LogP contribution in [-0.2, 0) is 9.47 Å². The summed E-state index contributed by atoms with van der Waals surface area (Å²) in [6.45, 7) is -0.124. The molecule has 1 heterocycles. The predicted octanol–water partition coefficient (Wildman–Crippen LogP) is 0.784. The number of alkyl halides is 3. The molecule has 0 amide bonds. The summed E-state index contributed by atoms with van der Waals surface area (Å²) in [5, 5.41) is 0. The molecule has 0 aliphatic carbocycles. The van der Waals surface area contributed by atoms with E-state index in [1.807, 2.05) is 6.21 Å². The molecule has 1 aliphatic heterocycles. The Morgan fingerprint density at radius 1 is 1.60 bits per heavy atom. The fourth-order valence-corrected chi connectivity index (χ4v) is 0.436. The van der Waals surface area contributed by atoms with E-state index in [2.05, 4.69) is 14.5 Å². The first-order chi connectivity index (χ1) is 4.58. The molecule has 0 N–H and O–H groups in total. The van der Waals surface area contributed by atoms with Gasteiger partial charge >= 0.3 is 6.36 Å². The second-order valence-corrected chi connectivity index (χ2v) is 1.48. The number of halogens is 3. The van der Waals surface area contributed by atoms with Gasteiger partial charge in [-0.05, 0) is 0 Å². The lowest BCUT2D eigenvalue weighted by Gasteiger charge is -2.09. The van der Waals surface area contributed by atoms with Gasteiger partial charge in [0.1, 0.15) is 12.9 Å². The molecular weight excluding hydrogens is 151 g/mol. The Balaban J connectivity index is 2.31. The van der Waals surface area contributed by atoms with Crippen LogP contribution in [0.1, 0.15) is 0 Å². The van der Waals surface area contributed by atoms with Crippen molar-refractivity contribution in [3.05, 3.63) is 0 Å². The minimum absolute atomic E-state index is 0.124. The molecule has 0 aromatic heterocycles. The van der Waals surface area contributed by atoms with Gasteiger partial charge in [-0.1, -0.05) is 0 Å². The van der Waals surface area contributed by atoms with Crippen LogP contribution in [-0.4, -0.2) is 25.6 Å². The average Bonchev–Trinajstić information content (AvgIpc) is 2.12. The van der Waals surface area contributed by atoms with Crippen LogP contribution in [0, 0.1) is 0 Å². The minimum atomic E-state index is -4.68. The summed E-state index contributed by atoms with van der Waals surface area (Å²) in [4.78, 5) is 3.25. The van der Waals surface area contributed by atoms with Crippen molar-refractivity contribution in [1.29, 1.82) is 0 Å². The van der Waals surface area contributed by atoms with Gasteiger partial charge in [-0.2, -0.15) is 0 Å². The third kappa shape index (κ3) is 2.32. The Morgan fingerprint density at radius 2 is 2.30 bits per heavy atom. The average molecular weight is 154 g/mol. The fraction of sp³-hybridized carbons (Fsp3) is 0.750. The molecule has 57 valence electrons. The van der Waals surface area contributed by atoms with Crippen LogP contribution < -0.4 is 0 Å². The first kappa shape index (κ1) is 7.49. The van der Waals surface area contributed by atoms with Crippen LogP contribution in [0.15, 0.2) is 4.99 Å². The number of nitrogens with zero attached hydrogens (tertiary/aromatic N) is 1. The molecule has 6 heteroatoms. The monoisotopic (exact) mass is 154 g/mol. The molecule has 1 atom stereocenters. The van der Waals surface area contributed by atoms with Gasteiger partial charge in [0.15, 0.2) is 0 Å². The molecule has 0 fully saturated rings. The summed E-state index contributed by atoms with van der Waals surface area (Å²) < 4.78 is 41.7. The van der Waals surface area contributed by atoms with Gasteiger partial charge in [0.05, 0.1) is 0 Å². The Hall–Kier alpha value is -0.620. The maximum Gasteiger partial charge on any atom is 0.525 e. The molecule has 1 unspecified atom stereocenters. The quantitative estimate of drug-likeness (QED) is 0.558. The van der Waals surface area contributed by atoms with Gasteiger partial charge in [-0.15, -0.1) is 13.2 Å². The molecule has 0 bridgehead atoms. The second-order valence-electron chi connectivity index (χ2n) is 1.48. The smallest absolute Gasteiger partial charge is 0.324 e. The molecule has 0 aromatic rings. The van der Waals surface area contributed by atoms with E-state index in [1.54, 1.807) is 0 Å². The molecule has 0 saturated heterocycles. The molecule has 1 rings (SSSR count). The van der Waals surface area contributed by atoms with Crippen LogP contribution in [0.5, 0.6) is 0 Å². The highest BCUT2D eigenvalue weighted by atomic mass is 19.4. The fourth-order valence-electron chi connectivity index (χ4n) is 0.436. The Bertz CT molecular complexity index is 144. The maximum atomic E-state index is 11.3. The van der Waals surface area contributed by atoms with Gasteiger partial charge in [-0.3, -0.25) is 9.73 Å². The van der Waals surface area contributed by atoms with Crippen LogP contribution in [0.3, 0.4) is 0 Å². The number of hydrogen-bond acceptors (Lipinski definition) is 3. The molecule has 3 nitrogen and oxygen atoms in total. The van der Waals surface area contributed by atoms with E-state index in [0.717, 1.165) is 0 Å². The molecule has 1 aliphatic rings. The van der Waals surface area contributed by atoms with Crippen molar-refractivity contribution in [2.24, 2.45) is 4.99 Å². The van der Waals surface area contributed by atoms with Crippen LogP contribution in [0.25, 0.3) is 0 Å². The zero-order chi connectivity index (χ0) is 7.61. The third-order valence-corrected chi connectivity index (χ3v) is 0.728. The van der Waals surface area contributed by atoms with E-state index in [1.165, 1.54) is 0 Å². The van der Waals surface area contributed by atoms with Crippen molar-refractivity contribution in [3.63, 3.8) is 0 Å². The number of rotatable bonds is 1. The summed E-state index contributed by atoms with van der Waals surface area (Å²) in [5.41, 5.74) is 0. The number of aliphatic imine (C=N–C) groups is 1. The maximum absolute atomic E-state index is 11.3. The van der Waals surface area contributed by atoms with Gasteiger partial charge in [0, 0.05) is 0 Å². The first-order valence-corrected chi connectivity index (χ1v) is 2.36. The topological polar surface area (TPSA) is 30.8 Å². The molecular formula is C4H3F3NO2. The van der Waals surface area contributed by atoms with E-state index >= 15 is 0 Å². The largest absolute Gasteiger partial charge is 0.525 e. The molecule has 0 aromatic carbocycles. The molecule has 1 radical (unpaired) electrons. The van der Waals surface area contributed by atoms with Crippen molar-refractivity contribution < 1.29 is 22.6 Å². The van der Waals surface area contributed by atoms with Gasteiger partial charge in [0.2, 0.25) is 6.29 Å². The Labute approximate surface area is 54.4 Å². The van der Waals surface area contributed by atoms with E-state index in [0.29, 0.717) is 0 Å². The summed E-state index contributed by atoms with van der Waals surface area (Å²) in [5.74, 6) is 0. The van der Waals surface area contributed by atoms with Crippen molar-refractivity contribution in [1.82, 2.24) is 0 Å². The van der Waals surface area contributed by atoms with Crippen LogP contribution in [0.2, 0.25) is 0 Å². The number of ether oxygens (including phenoxy) is 2. The SMILES string of the molecule is FC(F)(F)OC1[C]=NCO1. The van der Waals surface area contributed by atoms with E-state index < -0.39 is 12.7 Å².